The lowest BCUT2D eigenvalue weighted by molar-refractivity contribution is 0.628. The molecule has 0 bridgehead atoms. The molecule has 0 saturated heterocycles. The maximum Gasteiger partial charge on any atom is 0.126 e. The van der Waals surface area contributed by atoms with Gasteiger partial charge in [-0.2, -0.15) is 10.5 Å². The second-order valence-corrected chi connectivity index (χ2v) is 4.68. The fraction of sp³-hybridized carbons (Fsp3) is 0. The first-order valence-corrected chi connectivity index (χ1v) is 6.09. The van der Waals surface area contributed by atoms with Crippen LogP contribution in [0.25, 0.3) is 0 Å². The van der Waals surface area contributed by atoms with Gasteiger partial charge < -0.3 is 5.32 Å². The molecule has 0 aliphatic rings. The number of nitrogens with zero attached hydrogens (tertiary/aromatic N) is 2. The van der Waals surface area contributed by atoms with E-state index in [1.807, 2.05) is 12.1 Å². The van der Waals surface area contributed by atoms with Gasteiger partial charge in [-0.1, -0.05) is 15.9 Å². The highest BCUT2D eigenvalue weighted by Crippen LogP contribution is 2.25. The van der Waals surface area contributed by atoms with Crippen LogP contribution in [0.2, 0.25) is 0 Å². The molecule has 2 aromatic carbocycles. The first kappa shape index (κ1) is 13.1. The molecule has 0 saturated carbocycles. The van der Waals surface area contributed by atoms with E-state index in [4.69, 9.17) is 10.5 Å². The Labute approximate surface area is 118 Å². The van der Waals surface area contributed by atoms with Gasteiger partial charge in [0.1, 0.15) is 11.9 Å². The summed E-state index contributed by atoms with van der Waals surface area (Å²) in [6.45, 7) is 0. The van der Waals surface area contributed by atoms with E-state index >= 15 is 0 Å². The normalized spacial score (nSPS) is 9.47. The van der Waals surface area contributed by atoms with Crippen molar-refractivity contribution < 1.29 is 4.39 Å². The Bertz CT molecular complexity index is 714. The third-order valence-electron chi connectivity index (χ3n) is 2.41. The van der Waals surface area contributed by atoms with E-state index in [0.29, 0.717) is 16.9 Å². The van der Waals surface area contributed by atoms with Gasteiger partial charge in [0.15, 0.2) is 0 Å². The molecular formula is C14H7BrFN3. The Morgan fingerprint density at radius 3 is 2.53 bits per heavy atom. The molecule has 2 rings (SSSR count). The van der Waals surface area contributed by atoms with Gasteiger partial charge in [0.25, 0.3) is 0 Å². The zero-order valence-corrected chi connectivity index (χ0v) is 11.2. The number of nitriles is 2. The Hall–Kier alpha value is -2.37. The number of halogens is 2. The lowest BCUT2D eigenvalue weighted by atomic mass is 10.1. The summed E-state index contributed by atoms with van der Waals surface area (Å²) in [5.74, 6) is -0.503. The third-order valence-corrected chi connectivity index (χ3v) is 2.90. The fourth-order valence-electron chi connectivity index (χ4n) is 1.60. The molecule has 0 unspecified atom stereocenters. The monoisotopic (exact) mass is 315 g/mol. The molecule has 0 atom stereocenters. The SMILES string of the molecule is N#Cc1cc(F)cc(Nc2ccc(Br)cc2C#N)c1. The fourth-order valence-corrected chi connectivity index (χ4v) is 1.96. The second kappa shape index (κ2) is 5.51. The Morgan fingerprint density at radius 1 is 1.05 bits per heavy atom. The molecule has 3 nitrogen and oxygen atoms in total. The number of hydrogen-bond donors (Lipinski definition) is 1. The number of benzene rings is 2. The summed E-state index contributed by atoms with van der Waals surface area (Å²) < 4.78 is 14.1. The van der Waals surface area contributed by atoms with Crippen LogP contribution in [0, 0.1) is 28.5 Å². The van der Waals surface area contributed by atoms with Crippen LogP contribution in [0.1, 0.15) is 11.1 Å². The Balaban J connectivity index is 2.40. The highest BCUT2D eigenvalue weighted by molar-refractivity contribution is 9.10. The van der Waals surface area contributed by atoms with Gasteiger partial charge in [-0.15, -0.1) is 0 Å². The number of nitrogens with one attached hydrogen (secondary N) is 1. The Morgan fingerprint density at radius 2 is 1.84 bits per heavy atom. The molecule has 0 aliphatic carbocycles. The van der Waals surface area contributed by atoms with Crippen LogP contribution < -0.4 is 5.32 Å². The van der Waals surface area contributed by atoms with Crippen molar-refractivity contribution in [3.8, 4) is 12.1 Å². The van der Waals surface area contributed by atoms with Gasteiger partial charge in [-0.3, -0.25) is 0 Å². The molecule has 0 aromatic heterocycles. The van der Waals surface area contributed by atoms with E-state index in [1.54, 1.807) is 18.2 Å². The lowest BCUT2D eigenvalue weighted by Crippen LogP contribution is -1.95. The average molecular weight is 316 g/mol. The van der Waals surface area contributed by atoms with E-state index in [9.17, 15) is 4.39 Å². The molecule has 0 fully saturated rings. The van der Waals surface area contributed by atoms with Gasteiger partial charge in [-0.05, 0) is 36.4 Å². The maximum absolute atomic E-state index is 13.3. The van der Waals surface area contributed by atoms with Crippen molar-refractivity contribution in [1.29, 1.82) is 10.5 Å². The molecule has 0 aliphatic heterocycles. The van der Waals surface area contributed by atoms with Crippen LogP contribution in [0.15, 0.2) is 40.9 Å². The van der Waals surface area contributed by atoms with Crippen LogP contribution in [-0.2, 0) is 0 Å². The molecular weight excluding hydrogens is 309 g/mol. The molecule has 1 N–H and O–H groups in total. The van der Waals surface area contributed by atoms with Gasteiger partial charge >= 0.3 is 0 Å². The van der Waals surface area contributed by atoms with Gasteiger partial charge in [0.2, 0.25) is 0 Å². The highest BCUT2D eigenvalue weighted by atomic mass is 79.9. The van der Waals surface area contributed by atoms with E-state index in [2.05, 4.69) is 21.2 Å². The largest absolute Gasteiger partial charge is 0.354 e. The minimum atomic E-state index is -0.503. The van der Waals surface area contributed by atoms with Crippen LogP contribution in [0.5, 0.6) is 0 Å². The van der Waals surface area contributed by atoms with Gasteiger partial charge in [0, 0.05) is 10.2 Å². The zero-order chi connectivity index (χ0) is 13.8. The molecule has 0 heterocycles. The summed E-state index contributed by atoms with van der Waals surface area (Å²) in [5.41, 5.74) is 1.63. The molecule has 19 heavy (non-hydrogen) atoms. The molecule has 92 valence electrons. The van der Waals surface area contributed by atoms with E-state index < -0.39 is 5.82 Å². The van der Waals surface area contributed by atoms with Crippen LogP contribution in [-0.4, -0.2) is 0 Å². The number of anilines is 2. The van der Waals surface area contributed by atoms with Crippen molar-refractivity contribution in [2.24, 2.45) is 0 Å². The minimum Gasteiger partial charge on any atom is -0.354 e. The maximum atomic E-state index is 13.3. The van der Waals surface area contributed by atoms with Gasteiger partial charge in [0.05, 0.1) is 22.9 Å². The number of rotatable bonds is 2. The van der Waals surface area contributed by atoms with Crippen LogP contribution in [0.3, 0.4) is 0 Å². The van der Waals surface area contributed by atoms with Crippen molar-refractivity contribution in [3.05, 3.63) is 57.8 Å². The van der Waals surface area contributed by atoms with E-state index in [1.165, 1.54) is 12.1 Å². The molecule has 5 heteroatoms. The number of hydrogen-bond acceptors (Lipinski definition) is 3. The van der Waals surface area contributed by atoms with Crippen LogP contribution in [0.4, 0.5) is 15.8 Å². The topological polar surface area (TPSA) is 59.6 Å². The second-order valence-electron chi connectivity index (χ2n) is 3.77. The van der Waals surface area contributed by atoms with Crippen molar-refractivity contribution in [2.45, 2.75) is 0 Å². The molecule has 0 spiro atoms. The predicted molar refractivity (Wildman–Crippen MR) is 73.3 cm³/mol. The predicted octanol–water partition coefficient (Wildman–Crippen LogP) is 4.08. The standard InChI is InChI=1S/C14H7BrFN3/c15-11-1-2-14(10(5-11)8-18)19-13-4-9(7-17)3-12(16)6-13/h1-6,19H. The summed E-state index contributed by atoms with van der Waals surface area (Å²) in [4.78, 5) is 0. The highest BCUT2D eigenvalue weighted by Gasteiger charge is 2.05. The van der Waals surface area contributed by atoms with E-state index in [0.717, 1.165) is 10.5 Å². The summed E-state index contributed by atoms with van der Waals surface area (Å²) >= 11 is 3.28. The molecule has 0 amide bonds. The molecule has 2 aromatic rings. The third kappa shape index (κ3) is 3.09. The minimum absolute atomic E-state index is 0.220. The quantitative estimate of drug-likeness (QED) is 0.908. The van der Waals surface area contributed by atoms with Crippen molar-refractivity contribution in [1.82, 2.24) is 0 Å². The Kier molecular flexibility index (Phi) is 3.79. The summed E-state index contributed by atoms with van der Waals surface area (Å²) in [7, 11) is 0. The average Bonchev–Trinajstić information content (AvgIpc) is 2.40. The summed E-state index contributed by atoms with van der Waals surface area (Å²) in [5, 5.41) is 20.8. The van der Waals surface area contributed by atoms with Crippen molar-refractivity contribution in [2.75, 3.05) is 5.32 Å². The zero-order valence-electron chi connectivity index (χ0n) is 9.61. The molecule has 0 radical (unpaired) electrons. The lowest BCUT2D eigenvalue weighted by Gasteiger charge is -2.09. The van der Waals surface area contributed by atoms with E-state index in [-0.39, 0.29) is 5.56 Å². The van der Waals surface area contributed by atoms with Crippen molar-refractivity contribution >= 4 is 27.3 Å². The van der Waals surface area contributed by atoms with Gasteiger partial charge in [-0.25, -0.2) is 4.39 Å². The smallest absolute Gasteiger partial charge is 0.126 e. The van der Waals surface area contributed by atoms with Crippen LogP contribution >= 0.6 is 15.9 Å². The first-order valence-electron chi connectivity index (χ1n) is 5.30. The summed E-state index contributed by atoms with van der Waals surface area (Å²) in [6.07, 6.45) is 0. The first-order chi connectivity index (χ1) is 9.12. The van der Waals surface area contributed by atoms with Crippen molar-refractivity contribution in [3.63, 3.8) is 0 Å². The summed E-state index contributed by atoms with van der Waals surface area (Å²) in [6, 6.07) is 13.0.